The van der Waals surface area contributed by atoms with Crippen molar-refractivity contribution >= 4 is 23.8 Å². The summed E-state index contributed by atoms with van der Waals surface area (Å²) in [7, 11) is 1.54. The van der Waals surface area contributed by atoms with Gasteiger partial charge in [-0.25, -0.2) is 4.39 Å². The number of methoxy groups -OCH3 is 1. The maximum atomic E-state index is 13.7. The van der Waals surface area contributed by atoms with Crippen molar-refractivity contribution in [3.63, 3.8) is 0 Å². The van der Waals surface area contributed by atoms with Crippen LogP contribution in [-0.4, -0.2) is 25.9 Å². The standard InChI is InChI=1S/C25H23ClFNO4/c1-3-10-32-20-6-7-21(22(26)13-20)25(30)28-14-18-11-17(5-9-24(18)31-2)16-4-8-23(27)19(12-16)15-29/h4-9,11-13,15H,3,10,14H2,1-2H3,(H,28,30). The molecule has 166 valence electrons. The Morgan fingerprint density at radius 2 is 1.84 bits per heavy atom. The Kier molecular flexibility index (Phi) is 7.84. The first-order valence-corrected chi connectivity index (χ1v) is 10.5. The molecule has 0 atom stereocenters. The molecule has 3 aromatic rings. The van der Waals surface area contributed by atoms with E-state index in [1.165, 1.54) is 19.2 Å². The van der Waals surface area contributed by atoms with E-state index in [4.69, 9.17) is 21.1 Å². The van der Waals surface area contributed by atoms with Gasteiger partial charge in [0.1, 0.15) is 17.3 Å². The van der Waals surface area contributed by atoms with Gasteiger partial charge in [0.05, 0.1) is 29.9 Å². The molecule has 0 saturated heterocycles. The molecular formula is C25H23ClFNO4. The minimum Gasteiger partial charge on any atom is -0.496 e. The van der Waals surface area contributed by atoms with Crippen molar-refractivity contribution in [2.75, 3.05) is 13.7 Å². The summed E-state index contributed by atoms with van der Waals surface area (Å²) in [5.41, 5.74) is 2.46. The van der Waals surface area contributed by atoms with Crippen molar-refractivity contribution in [2.45, 2.75) is 19.9 Å². The smallest absolute Gasteiger partial charge is 0.253 e. The normalized spacial score (nSPS) is 10.5. The number of nitrogens with one attached hydrogen (secondary N) is 1. The third-order valence-electron chi connectivity index (χ3n) is 4.83. The van der Waals surface area contributed by atoms with E-state index >= 15 is 0 Å². The zero-order valence-corrected chi connectivity index (χ0v) is 18.5. The predicted octanol–water partition coefficient (Wildman–Crippen LogP) is 5.69. The molecule has 3 rings (SSSR count). The summed E-state index contributed by atoms with van der Waals surface area (Å²) >= 11 is 6.27. The lowest BCUT2D eigenvalue weighted by Gasteiger charge is -2.13. The van der Waals surface area contributed by atoms with Crippen LogP contribution < -0.4 is 14.8 Å². The molecule has 0 unspecified atom stereocenters. The lowest BCUT2D eigenvalue weighted by Crippen LogP contribution is -2.23. The van der Waals surface area contributed by atoms with Gasteiger partial charge in [0.15, 0.2) is 6.29 Å². The molecule has 0 heterocycles. The zero-order chi connectivity index (χ0) is 23.1. The van der Waals surface area contributed by atoms with Crippen LogP contribution in [0.3, 0.4) is 0 Å². The topological polar surface area (TPSA) is 64.6 Å². The summed E-state index contributed by atoms with van der Waals surface area (Å²) in [6, 6.07) is 14.7. The highest BCUT2D eigenvalue weighted by atomic mass is 35.5. The van der Waals surface area contributed by atoms with Gasteiger partial charge in [-0.3, -0.25) is 9.59 Å². The van der Waals surface area contributed by atoms with Crippen molar-refractivity contribution in [2.24, 2.45) is 0 Å². The van der Waals surface area contributed by atoms with Gasteiger partial charge in [-0.1, -0.05) is 30.7 Å². The summed E-state index contributed by atoms with van der Waals surface area (Å²) in [6.07, 6.45) is 1.35. The van der Waals surface area contributed by atoms with E-state index in [0.29, 0.717) is 46.1 Å². The lowest BCUT2D eigenvalue weighted by atomic mass is 10.0. The van der Waals surface area contributed by atoms with Crippen molar-refractivity contribution in [3.8, 4) is 22.6 Å². The average Bonchev–Trinajstić information content (AvgIpc) is 2.81. The molecule has 0 aliphatic carbocycles. The van der Waals surface area contributed by atoms with Gasteiger partial charge in [0, 0.05) is 12.1 Å². The number of rotatable bonds is 9. The maximum Gasteiger partial charge on any atom is 0.253 e. The van der Waals surface area contributed by atoms with Crippen molar-refractivity contribution in [1.29, 1.82) is 0 Å². The van der Waals surface area contributed by atoms with Gasteiger partial charge in [-0.2, -0.15) is 0 Å². The third kappa shape index (κ3) is 5.45. The largest absolute Gasteiger partial charge is 0.496 e. The van der Waals surface area contributed by atoms with E-state index in [1.807, 2.05) is 13.0 Å². The maximum absolute atomic E-state index is 13.7. The zero-order valence-electron chi connectivity index (χ0n) is 17.8. The van der Waals surface area contributed by atoms with Gasteiger partial charge in [0.2, 0.25) is 0 Å². The summed E-state index contributed by atoms with van der Waals surface area (Å²) in [4.78, 5) is 23.7. The van der Waals surface area contributed by atoms with Crippen LogP contribution >= 0.6 is 11.6 Å². The Balaban J connectivity index is 1.79. The van der Waals surface area contributed by atoms with Crippen LogP contribution in [0.5, 0.6) is 11.5 Å². The fraction of sp³-hybridized carbons (Fsp3) is 0.200. The Labute approximate surface area is 191 Å². The molecule has 32 heavy (non-hydrogen) atoms. The second-order valence-electron chi connectivity index (χ2n) is 7.05. The van der Waals surface area contributed by atoms with E-state index in [-0.39, 0.29) is 18.0 Å². The number of aldehydes is 1. The van der Waals surface area contributed by atoms with Crippen LogP contribution in [0.15, 0.2) is 54.6 Å². The second-order valence-corrected chi connectivity index (χ2v) is 7.46. The molecule has 0 radical (unpaired) electrons. The quantitative estimate of drug-likeness (QED) is 0.421. The first-order valence-electron chi connectivity index (χ1n) is 10.1. The van der Waals surface area contributed by atoms with Crippen LogP contribution in [0.25, 0.3) is 11.1 Å². The van der Waals surface area contributed by atoms with Gasteiger partial charge < -0.3 is 14.8 Å². The number of carbonyl (C=O) groups excluding carboxylic acids is 2. The van der Waals surface area contributed by atoms with Crippen molar-refractivity contribution in [3.05, 3.63) is 82.1 Å². The van der Waals surface area contributed by atoms with Crippen LogP contribution in [0, 0.1) is 5.82 Å². The van der Waals surface area contributed by atoms with Crippen LogP contribution in [0.2, 0.25) is 5.02 Å². The Bertz CT molecular complexity index is 1130. The number of amides is 1. The highest BCUT2D eigenvalue weighted by molar-refractivity contribution is 6.34. The summed E-state index contributed by atoms with van der Waals surface area (Å²) < 4.78 is 24.6. The van der Waals surface area contributed by atoms with E-state index in [1.54, 1.807) is 36.4 Å². The fourth-order valence-electron chi connectivity index (χ4n) is 3.17. The molecule has 0 saturated carbocycles. The second kappa shape index (κ2) is 10.8. The molecule has 7 heteroatoms. The van der Waals surface area contributed by atoms with Crippen molar-refractivity contribution in [1.82, 2.24) is 5.32 Å². The highest BCUT2D eigenvalue weighted by Crippen LogP contribution is 2.28. The van der Waals surface area contributed by atoms with E-state index < -0.39 is 5.82 Å². The number of hydrogen-bond donors (Lipinski definition) is 1. The highest BCUT2D eigenvalue weighted by Gasteiger charge is 2.14. The fourth-order valence-corrected chi connectivity index (χ4v) is 3.43. The number of ether oxygens (including phenoxy) is 2. The molecule has 0 aliphatic heterocycles. The van der Waals surface area contributed by atoms with E-state index in [9.17, 15) is 14.0 Å². The summed E-state index contributed by atoms with van der Waals surface area (Å²) in [5, 5.41) is 3.14. The molecule has 0 bridgehead atoms. The van der Waals surface area contributed by atoms with Crippen LogP contribution in [0.1, 0.15) is 39.6 Å². The lowest BCUT2D eigenvalue weighted by molar-refractivity contribution is 0.0950. The Hall–Kier alpha value is -3.38. The van der Waals surface area contributed by atoms with Gasteiger partial charge in [0.25, 0.3) is 5.91 Å². The molecule has 0 aromatic heterocycles. The first-order chi connectivity index (χ1) is 15.5. The monoisotopic (exact) mass is 455 g/mol. The van der Waals surface area contributed by atoms with Crippen molar-refractivity contribution < 1.29 is 23.5 Å². The molecule has 0 aliphatic rings. The minimum atomic E-state index is -0.576. The molecule has 0 spiro atoms. The average molecular weight is 456 g/mol. The Morgan fingerprint density at radius 3 is 2.53 bits per heavy atom. The molecule has 1 amide bonds. The number of benzene rings is 3. The number of carbonyl (C=O) groups is 2. The van der Waals surface area contributed by atoms with Gasteiger partial charge in [-0.05, 0) is 60.0 Å². The summed E-state index contributed by atoms with van der Waals surface area (Å²) in [5.74, 6) is 0.278. The molecule has 3 aromatic carbocycles. The van der Waals surface area contributed by atoms with E-state index in [0.717, 1.165) is 12.0 Å². The first kappa shape index (κ1) is 23.3. The Morgan fingerprint density at radius 1 is 1.09 bits per heavy atom. The minimum absolute atomic E-state index is 0.0193. The van der Waals surface area contributed by atoms with E-state index in [2.05, 4.69) is 5.32 Å². The number of hydrogen-bond acceptors (Lipinski definition) is 4. The van der Waals surface area contributed by atoms with Gasteiger partial charge >= 0.3 is 0 Å². The molecular weight excluding hydrogens is 433 g/mol. The molecule has 1 N–H and O–H groups in total. The molecule has 5 nitrogen and oxygen atoms in total. The SMILES string of the molecule is CCCOc1ccc(C(=O)NCc2cc(-c3ccc(F)c(C=O)c3)ccc2OC)c(Cl)c1. The van der Waals surface area contributed by atoms with Crippen LogP contribution in [0.4, 0.5) is 4.39 Å². The predicted molar refractivity (Wildman–Crippen MR) is 122 cm³/mol. The van der Waals surface area contributed by atoms with Crippen LogP contribution in [-0.2, 0) is 6.54 Å². The number of halogens is 2. The third-order valence-corrected chi connectivity index (χ3v) is 5.15. The molecule has 0 fully saturated rings. The van der Waals surface area contributed by atoms with Gasteiger partial charge in [-0.15, -0.1) is 0 Å². The summed E-state index contributed by atoms with van der Waals surface area (Å²) in [6.45, 7) is 2.76.